The molecule has 0 aliphatic carbocycles. The van der Waals surface area contributed by atoms with Gasteiger partial charge in [-0.3, -0.25) is 9.59 Å². The van der Waals surface area contributed by atoms with E-state index in [1.54, 1.807) is 23.1 Å². The van der Waals surface area contributed by atoms with Crippen LogP contribution in [0.5, 0.6) is 0 Å². The Bertz CT molecular complexity index is 1400. The van der Waals surface area contributed by atoms with Gasteiger partial charge in [0.05, 0.1) is 6.04 Å². The molecule has 2 amide bonds. The normalized spacial score (nSPS) is 17.7. The number of halogens is 1. The standard InChI is InChI=1S/C32H29FN2O2S/c1-22-10-8-9-15-27(22)31(37)35-29(21-38-32(35)25-16-18-26(33)19-17-25)30(36)34-28(24-13-6-3-7-14-24)20-23-11-4-2-5-12-23/h2-19,28-29,32H,20-21H2,1H3,(H,34,36). The Hall–Kier alpha value is -3.90. The van der Waals surface area contributed by atoms with Crippen molar-refractivity contribution in [3.05, 3.63) is 143 Å². The van der Waals surface area contributed by atoms with Crippen LogP contribution >= 0.6 is 11.8 Å². The van der Waals surface area contributed by atoms with Crippen LogP contribution in [0.15, 0.2) is 109 Å². The second-order valence-electron chi connectivity index (χ2n) is 9.44. The van der Waals surface area contributed by atoms with E-state index in [2.05, 4.69) is 5.32 Å². The predicted molar refractivity (Wildman–Crippen MR) is 150 cm³/mol. The first-order valence-corrected chi connectivity index (χ1v) is 13.7. The second kappa shape index (κ2) is 11.7. The zero-order valence-electron chi connectivity index (χ0n) is 21.1. The molecule has 0 spiro atoms. The average Bonchev–Trinajstić information content (AvgIpc) is 3.39. The van der Waals surface area contributed by atoms with Gasteiger partial charge in [-0.15, -0.1) is 11.8 Å². The van der Waals surface area contributed by atoms with E-state index >= 15 is 0 Å². The summed E-state index contributed by atoms with van der Waals surface area (Å²) in [7, 11) is 0. The van der Waals surface area contributed by atoms with E-state index in [1.165, 1.54) is 23.9 Å². The van der Waals surface area contributed by atoms with E-state index < -0.39 is 11.4 Å². The van der Waals surface area contributed by atoms with E-state index in [0.717, 1.165) is 22.3 Å². The van der Waals surface area contributed by atoms with Crippen LogP contribution in [0.1, 0.15) is 44.0 Å². The smallest absolute Gasteiger partial charge is 0.256 e. The predicted octanol–water partition coefficient (Wildman–Crippen LogP) is 6.49. The summed E-state index contributed by atoms with van der Waals surface area (Å²) in [5.41, 5.74) is 4.31. The molecule has 0 bridgehead atoms. The minimum Gasteiger partial charge on any atom is -0.347 e. The summed E-state index contributed by atoms with van der Waals surface area (Å²) in [6.07, 6.45) is 0.629. The molecule has 192 valence electrons. The molecule has 3 unspecified atom stereocenters. The van der Waals surface area contributed by atoms with Gasteiger partial charge >= 0.3 is 0 Å². The van der Waals surface area contributed by atoms with Gasteiger partial charge < -0.3 is 10.2 Å². The van der Waals surface area contributed by atoms with Crippen molar-refractivity contribution in [2.75, 3.05) is 5.75 Å². The highest BCUT2D eigenvalue weighted by Crippen LogP contribution is 2.42. The number of thioether (sulfide) groups is 1. The molecule has 4 nitrogen and oxygen atoms in total. The van der Waals surface area contributed by atoms with E-state index in [1.807, 2.05) is 85.8 Å². The van der Waals surface area contributed by atoms with Gasteiger partial charge in [0.25, 0.3) is 5.91 Å². The van der Waals surface area contributed by atoms with Gasteiger partial charge in [-0.05, 0) is 53.8 Å². The molecule has 3 atom stereocenters. The van der Waals surface area contributed by atoms with Crippen molar-refractivity contribution in [3.63, 3.8) is 0 Å². The maximum absolute atomic E-state index is 13.9. The van der Waals surface area contributed by atoms with Gasteiger partial charge in [0.2, 0.25) is 5.91 Å². The molecule has 1 heterocycles. The highest BCUT2D eigenvalue weighted by atomic mass is 32.2. The lowest BCUT2D eigenvalue weighted by atomic mass is 9.98. The lowest BCUT2D eigenvalue weighted by molar-refractivity contribution is -0.125. The van der Waals surface area contributed by atoms with Crippen LogP contribution in [-0.2, 0) is 11.2 Å². The number of hydrogen-bond donors (Lipinski definition) is 1. The SMILES string of the molecule is Cc1ccccc1C(=O)N1C(C(=O)NC(Cc2ccccc2)c2ccccc2)CSC1c1ccc(F)cc1. The van der Waals surface area contributed by atoms with Gasteiger partial charge in [-0.25, -0.2) is 4.39 Å². The summed E-state index contributed by atoms with van der Waals surface area (Å²) < 4.78 is 13.7. The molecule has 1 saturated heterocycles. The van der Waals surface area contributed by atoms with E-state index in [-0.39, 0.29) is 23.7 Å². The first-order valence-electron chi connectivity index (χ1n) is 12.7. The number of benzene rings is 4. The van der Waals surface area contributed by atoms with Crippen LogP contribution in [0.4, 0.5) is 4.39 Å². The quantitative estimate of drug-likeness (QED) is 0.301. The number of amides is 2. The molecule has 0 saturated carbocycles. The minimum absolute atomic E-state index is 0.200. The summed E-state index contributed by atoms with van der Waals surface area (Å²) in [6.45, 7) is 1.89. The van der Waals surface area contributed by atoms with E-state index in [9.17, 15) is 14.0 Å². The minimum atomic E-state index is -0.677. The highest BCUT2D eigenvalue weighted by Gasteiger charge is 2.43. The van der Waals surface area contributed by atoms with Crippen molar-refractivity contribution in [1.82, 2.24) is 10.2 Å². The maximum atomic E-state index is 13.9. The molecule has 4 aromatic carbocycles. The Labute approximate surface area is 226 Å². The van der Waals surface area contributed by atoms with E-state index in [0.29, 0.717) is 17.7 Å². The molecular formula is C32H29FN2O2S. The monoisotopic (exact) mass is 524 g/mol. The molecule has 1 aliphatic rings. The lowest BCUT2D eigenvalue weighted by Gasteiger charge is -2.31. The van der Waals surface area contributed by atoms with Crippen LogP contribution in [0.3, 0.4) is 0 Å². The Morgan fingerprint density at radius 3 is 2.21 bits per heavy atom. The molecule has 5 rings (SSSR count). The third-order valence-electron chi connectivity index (χ3n) is 6.87. The zero-order valence-corrected chi connectivity index (χ0v) is 21.9. The summed E-state index contributed by atoms with van der Waals surface area (Å²) in [5, 5.41) is 2.85. The first-order chi connectivity index (χ1) is 18.5. The van der Waals surface area contributed by atoms with Gasteiger partial charge in [0.1, 0.15) is 17.2 Å². The van der Waals surface area contributed by atoms with Crippen molar-refractivity contribution in [2.24, 2.45) is 0 Å². The zero-order chi connectivity index (χ0) is 26.5. The van der Waals surface area contributed by atoms with Crippen molar-refractivity contribution < 1.29 is 14.0 Å². The summed E-state index contributed by atoms with van der Waals surface area (Å²) in [5.74, 6) is -0.302. The Morgan fingerprint density at radius 2 is 1.53 bits per heavy atom. The molecule has 1 N–H and O–H groups in total. The van der Waals surface area contributed by atoms with Crippen LogP contribution in [-0.4, -0.2) is 28.5 Å². The van der Waals surface area contributed by atoms with Gasteiger partial charge in [-0.1, -0.05) is 91.0 Å². The molecule has 1 aliphatic heterocycles. The highest BCUT2D eigenvalue weighted by molar-refractivity contribution is 7.99. The van der Waals surface area contributed by atoms with Crippen LogP contribution in [0.2, 0.25) is 0 Å². The van der Waals surface area contributed by atoms with Gasteiger partial charge in [-0.2, -0.15) is 0 Å². The number of aryl methyl sites for hydroxylation is 1. The average molecular weight is 525 g/mol. The summed E-state index contributed by atoms with van der Waals surface area (Å²) in [6, 6.07) is 32.6. The number of hydrogen-bond acceptors (Lipinski definition) is 3. The fourth-order valence-electron chi connectivity index (χ4n) is 4.85. The molecular weight excluding hydrogens is 495 g/mol. The Kier molecular flexibility index (Phi) is 7.89. The summed E-state index contributed by atoms with van der Waals surface area (Å²) in [4.78, 5) is 29.5. The van der Waals surface area contributed by atoms with Crippen LogP contribution in [0.25, 0.3) is 0 Å². The molecule has 0 aromatic heterocycles. The van der Waals surface area contributed by atoms with Crippen LogP contribution in [0, 0.1) is 12.7 Å². The van der Waals surface area contributed by atoms with Crippen molar-refractivity contribution in [2.45, 2.75) is 30.8 Å². The molecule has 6 heteroatoms. The lowest BCUT2D eigenvalue weighted by Crippen LogP contribution is -2.49. The van der Waals surface area contributed by atoms with Crippen molar-refractivity contribution in [3.8, 4) is 0 Å². The fourth-order valence-corrected chi connectivity index (χ4v) is 6.28. The fraction of sp³-hybridized carbons (Fsp3) is 0.188. The third-order valence-corrected chi connectivity index (χ3v) is 8.19. The van der Waals surface area contributed by atoms with Crippen molar-refractivity contribution in [1.29, 1.82) is 0 Å². The number of carbonyl (C=O) groups is 2. The summed E-state index contributed by atoms with van der Waals surface area (Å²) >= 11 is 1.52. The topological polar surface area (TPSA) is 49.4 Å². The van der Waals surface area contributed by atoms with Crippen LogP contribution < -0.4 is 5.32 Å². The van der Waals surface area contributed by atoms with Gasteiger partial charge in [0, 0.05) is 11.3 Å². The first kappa shape index (κ1) is 25.7. The second-order valence-corrected chi connectivity index (χ2v) is 10.6. The number of carbonyl (C=O) groups excluding carboxylic acids is 2. The molecule has 38 heavy (non-hydrogen) atoms. The molecule has 0 radical (unpaired) electrons. The largest absolute Gasteiger partial charge is 0.347 e. The number of nitrogens with zero attached hydrogens (tertiary/aromatic N) is 1. The van der Waals surface area contributed by atoms with Crippen molar-refractivity contribution >= 4 is 23.6 Å². The molecule has 1 fully saturated rings. The third kappa shape index (κ3) is 5.65. The van der Waals surface area contributed by atoms with Gasteiger partial charge in [0.15, 0.2) is 0 Å². The molecule has 4 aromatic rings. The number of rotatable bonds is 7. The Morgan fingerprint density at radius 1 is 0.895 bits per heavy atom. The Balaban J connectivity index is 1.46. The number of nitrogens with one attached hydrogen (secondary N) is 1. The van der Waals surface area contributed by atoms with E-state index in [4.69, 9.17) is 0 Å². The maximum Gasteiger partial charge on any atom is 0.256 e.